The van der Waals surface area contributed by atoms with E-state index in [-0.39, 0.29) is 15.8 Å². The lowest BCUT2D eigenvalue weighted by Crippen LogP contribution is -2.46. The van der Waals surface area contributed by atoms with Gasteiger partial charge in [-0.2, -0.15) is 4.31 Å². The number of nitrogens with zero attached hydrogens (tertiary/aromatic N) is 3. The van der Waals surface area contributed by atoms with E-state index in [0.29, 0.717) is 52.1 Å². The van der Waals surface area contributed by atoms with Crippen molar-refractivity contribution in [1.29, 1.82) is 0 Å². The second-order valence-corrected chi connectivity index (χ2v) is 10.7. The molecule has 0 bridgehead atoms. The fourth-order valence-corrected chi connectivity index (χ4v) is 5.82. The first-order valence-electron chi connectivity index (χ1n) is 9.10. The first-order chi connectivity index (χ1) is 14.2. The van der Waals surface area contributed by atoms with Gasteiger partial charge in [-0.3, -0.25) is 10.1 Å². The Hall–Kier alpha value is -1.75. The van der Waals surface area contributed by atoms with Crippen LogP contribution in [0.3, 0.4) is 0 Å². The molecule has 1 fully saturated rings. The van der Waals surface area contributed by atoms with Crippen molar-refractivity contribution in [3.63, 3.8) is 0 Å². The van der Waals surface area contributed by atoms with Gasteiger partial charge in [0.2, 0.25) is 10.0 Å². The van der Waals surface area contributed by atoms with Gasteiger partial charge < -0.3 is 4.90 Å². The number of thiazole rings is 1. The Balaban J connectivity index is 1.56. The van der Waals surface area contributed by atoms with Crippen molar-refractivity contribution in [3.05, 3.63) is 52.0 Å². The maximum atomic E-state index is 13.0. The third-order valence-corrected chi connectivity index (χ3v) is 8.43. The number of carbonyl (C=O) groups excluding carboxylic acids is 1. The van der Waals surface area contributed by atoms with E-state index < -0.39 is 10.0 Å². The topological polar surface area (TPSA) is 82.6 Å². The Kier molecular flexibility index (Phi) is 6.02. The normalized spacial score (nSPS) is 16.1. The van der Waals surface area contributed by atoms with Gasteiger partial charge in [0.15, 0.2) is 5.13 Å². The molecule has 1 saturated heterocycles. The van der Waals surface area contributed by atoms with Crippen LogP contribution in [0.4, 0.5) is 5.13 Å². The summed E-state index contributed by atoms with van der Waals surface area (Å²) >= 11 is 13.1. The average molecular weight is 485 g/mol. The monoisotopic (exact) mass is 484 g/mol. The lowest BCUT2D eigenvalue weighted by atomic mass is 10.2. The molecule has 0 radical (unpaired) electrons. The van der Waals surface area contributed by atoms with Gasteiger partial charge >= 0.3 is 0 Å². The highest BCUT2D eigenvalue weighted by molar-refractivity contribution is 7.89. The number of fused-ring (bicyclic) bond motifs is 1. The molecule has 1 amide bonds. The van der Waals surface area contributed by atoms with Gasteiger partial charge in [0.25, 0.3) is 5.91 Å². The molecule has 30 heavy (non-hydrogen) atoms. The minimum atomic E-state index is -3.57. The van der Waals surface area contributed by atoms with Crippen LogP contribution in [0.2, 0.25) is 10.0 Å². The first-order valence-corrected chi connectivity index (χ1v) is 12.1. The van der Waals surface area contributed by atoms with Crippen LogP contribution in [0.5, 0.6) is 0 Å². The van der Waals surface area contributed by atoms with E-state index in [9.17, 15) is 13.2 Å². The predicted octanol–water partition coefficient (Wildman–Crippen LogP) is 3.79. The van der Waals surface area contributed by atoms with Crippen molar-refractivity contribution in [2.24, 2.45) is 0 Å². The highest BCUT2D eigenvalue weighted by Crippen LogP contribution is 2.30. The molecule has 0 unspecified atom stereocenters. The van der Waals surface area contributed by atoms with Crippen molar-refractivity contribution in [2.75, 3.05) is 38.5 Å². The molecule has 1 N–H and O–H groups in total. The second kappa shape index (κ2) is 8.41. The van der Waals surface area contributed by atoms with E-state index in [4.69, 9.17) is 23.2 Å². The largest absolute Gasteiger partial charge is 0.304 e. The van der Waals surface area contributed by atoms with Crippen LogP contribution in [0.25, 0.3) is 10.2 Å². The Morgan fingerprint density at radius 1 is 1.07 bits per heavy atom. The molecule has 0 atom stereocenters. The summed E-state index contributed by atoms with van der Waals surface area (Å²) in [5, 5.41) is 3.74. The minimum absolute atomic E-state index is 0.227. The highest BCUT2D eigenvalue weighted by Gasteiger charge is 2.28. The molecule has 2 heterocycles. The summed E-state index contributed by atoms with van der Waals surface area (Å²) in [5.41, 5.74) is 0.962. The number of anilines is 1. The number of piperazine rings is 1. The molecular weight excluding hydrogens is 467 g/mol. The van der Waals surface area contributed by atoms with Crippen LogP contribution in [-0.2, 0) is 10.0 Å². The van der Waals surface area contributed by atoms with Crippen molar-refractivity contribution < 1.29 is 13.2 Å². The van der Waals surface area contributed by atoms with Crippen LogP contribution >= 0.6 is 34.5 Å². The van der Waals surface area contributed by atoms with Gasteiger partial charge in [-0.05, 0) is 43.4 Å². The zero-order chi connectivity index (χ0) is 21.5. The number of halogens is 2. The van der Waals surface area contributed by atoms with Crippen LogP contribution in [0.15, 0.2) is 41.3 Å². The summed E-state index contributed by atoms with van der Waals surface area (Å²) in [6.45, 7) is 2.33. The van der Waals surface area contributed by atoms with E-state index in [2.05, 4.69) is 15.2 Å². The number of carbonyl (C=O) groups is 1. The summed E-state index contributed by atoms with van der Waals surface area (Å²) in [6.07, 6.45) is 0. The summed E-state index contributed by atoms with van der Waals surface area (Å²) in [6, 6.07) is 9.41. The van der Waals surface area contributed by atoms with Gasteiger partial charge in [0.05, 0.1) is 25.2 Å². The van der Waals surface area contributed by atoms with Crippen LogP contribution < -0.4 is 5.32 Å². The number of hydrogen-bond donors (Lipinski definition) is 1. The molecule has 1 aliphatic heterocycles. The molecule has 11 heteroatoms. The summed E-state index contributed by atoms with van der Waals surface area (Å²) in [7, 11) is -1.60. The molecular formula is C19H18Cl2N4O3S2. The Bertz CT molecular complexity index is 1220. The highest BCUT2D eigenvalue weighted by atomic mass is 35.5. The van der Waals surface area contributed by atoms with Crippen molar-refractivity contribution in [2.45, 2.75) is 4.90 Å². The minimum Gasteiger partial charge on any atom is -0.304 e. The molecule has 4 rings (SSSR count). The van der Waals surface area contributed by atoms with Gasteiger partial charge in [-0.1, -0.05) is 34.5 Å². The van der Waals surface area contributed by atoms with Crippen molar-refractivity contribution >= 4 is 65.8 Å². The second-order valence-electron chi connectivity index (χ2n) is 6.94. The number of rotatable bonds is 4. The van der Waals surface area contributed by atoms with Gasteiger partial charge in [0.1, 0.15) is 0 Å². The van der Waals surface area contributed by atoms with Gasteiger partial charge in [0, 0.05) is 31.7 Å². The molecule has 0 saturated carbocycles. The van der Waals surface area contributed by atoms with E-state index in [0.717, 1.165) is 0 Å². The van der Waals surface area contributed by atoms with E-state index >= 15 is 0 Å². The first kappa shape index (κ1) is 21.5. The fraction of sp³-hybridized carbons (Fsp3) is 0.263. The Labute approximate surface area is 188 Å². The number of sulfonamides is 1. The number of nitrogens with one attached hydrogen (secondary N) is 1. The van der Waals surface area contributed by atoms with Crippen molar-refractivity contribution in [1.82, 2.24) is 14.2 Å². The predicted molar refractivity (Wildman–Crippen MR) is 120 cm³/mol. The van der Waals surface area contributed by atoms with Crippen LogP contribution in [-0.4, -0.2) is 61.7 Å². The molecule has 0 spiro atoms. The third kappa shape index (κ3) is 4.32. The number of aromatic nitrogens is 1. The Morgan fingerprint density at radius 2 is 1.80 bits per heavy atom. The lowest BCUT2D eigenvalue weighted by Gasteiger charge is -2.31. The number of hydrogen-bond acceptors (Lipinski definition) is 6. The van der Waals surface area contributed by atoms with Crippen molar-refractivity contribution in [3.8, 4) is 0 Å². The maximum Gasteiger partial charge on any atom is 0.257 e. The Morgan fingerprint density at radius 3 is 2.50 bits per heavy atom. The molecule has 0 aliphatic carbocycles. The summed E-state index contributed by atoms with van der Waals surface area (Å²) in [4.78, 5) is 19.2. The molecule has 158 valence electrons. The van der Waals surface area contributed by atoms with E-state index in [1.165, 1.54) is 21.7 Å². The zero-order valence-electron chi connectivity index (χ0n) is 15.9. The standard InChI is InChI=1S/C19H18Cl2N4O3S2/c1-24-6-8-25(9-7-24)30(27,28)13-3-5-16-17(11-13)29-19(22-16)23-18(26)12-2-4-14(20)15(21)10-12/h2-5,10-11H,6-9H2,1H3,(H,22,23,26). The van der Waals surface area contributed by atoms with Gasteiger partial charge in [-0.15, -0.1) is 0 Å². The summed E-state index contributed by atoms with van der Waals surface area (Å²) < 4.78 is 28.1. The number of benzene rings is 2. The fourth-order valence-electron chi connectivity index (χ4n) is 3.10. The molecule has 2 aromatic carbocycles. The SMILES string of the molecule is CN1CCN(S(=O)(=O)c2ccc3nc(NC(=O)c4ccc(Cl)c(Cl)c4)sc3c2)CC1. The van der Waals surface area contributed by atoms with E-state index in [1.807, 2.05) is 7.05 Å². The molecule has 1 aromatic heterocycles. The zero-order valence-corrected chi connectivity index (χ0v) is 19.1. The number of likely N-dealkylation sites (N-methyl/N-ethyl adjacent to an activating group) is 1. The average Bonchev–Trinajstić information content (AvgIpc) is 3.11. The third-order valence-electron chi connectivity index (χ3n) is 4.86. The van der Waals surface area contributed by atoms with E-state index in [1.54, 1.807) is 30.3 Å². The quantitative estimate of drug-likeness (QED) is 0.608. The lowest BCUT2D eigenvalue weighted by molar-refractivity contribution is 0.102. The molecule has 7 nitrogen and oxygen atoms in total. The maximum absolute atomic E-state index is 13.0. The number of amides is 1. The van der Waals surface area contributed by atoms with Crippen LogP contribution in [0, 0.1) is 0 Å². The van der Waals surface area contributed by atoms with Gasteiger partial charge in [-0.25, -0.2) is 13.4 Å². The molecule has 3 aromatic rings. The smallest absolute Gasteiger partial charge is 0.257 e. The molecule has 1 aliphatic rings. The van der Waals surface area contributed by atoms with Crippen LogP contribution in [0.1, 0.15) is 10.4 Å². The summed E-state index contributed by atoms with van der Waals surface area (Å²) in [5.74, 6) is -0.377.